The lowest BCUT2D eigenvalue weighted by atomic mass is 10.1. The number of carboxylic acid groups (broad SMARTS) is 1. The molecule has 0 bridgehead atoms. The highest BCUT2D eigenvalue weighted by Crippen LogP contribution is 2.27. The molecule has 3 rings (SSSR count). The molecule has 2 heterocycles. The maximum atomic E-state index is 13.0. The van der Waals surface area contributed by atoms with E-state index in [0.717, 1.165) is 8.87 Å². The Morgan fingerprint density at radius 3 is 2.69 bits per heavy atom. The molecule has 0 fully saturated rings. The Kier molecular flexibility index (Phi) is 4.66. The SMILES string of the molecule is CN(Cc1cn(S(=O)(=O)c2cccnc2)c2cc(CO)ccc12)C(=O)O. The van der Waals surface area contributed by atoms with Crippen molar-refractivity contribution in [1.82, 2.24) is 13.9 Å². The summed E-state index contributed by atoms with van der Waals surface area (Å²) in [7, 11) is -2.51. The van der Waals surface area contributed by atoms with E-state index < -0.39 is 16.1 Å². The smallest absolute Gasteiger partial charge is 0.407 e. The molecule has 8 nitrogen and oxygen atoms in total. The highest BCUT2D eigenvalue weighted by atomic mass is 32.2. The number of rotatable bonds is 5. The molecular formula is C17H17N3O5S. The van der Waals surface area contributed by atoms with Crippen molar-refractivity contribution in [2.45, 2.75) is 18.0 Å². The average molecular weight is 375 g/mol. The lowest BCUT2D eigenvalue weighted by Crippen LogP contribution is -2.23. The second kappa shape index (κ2) is 6.77. The first-order valence-electron chi connectivity index (χ1n) is 7.68. The van der Waals surface area contributed by atoms with Crippen molar-refractivity contribution in [3.05, 3.63) is 60.0 Å². The van der Waals surface area contributed by atoms with Crippen molar-refractivity contribution >= 4 is 27.0 Å². The van der Waals surface area contributed by atoms with Gasteiger partial charge in [-0.1, -0.05) is 12.1 Å². The zero-order chi connectivity index (χ0) is 18.9. The van der Waals surface area contributed by atoms with Gasteiger partial charge in [0.1, 0.15) is 4.90 Å². The average Bonchev–Trinajstić information content (AvgIpc) is 3.00. The molecule has 2 N–H and O–H groups in total. The Morgan fingerprint density at radius 1 is 1.31 bits per heavy atom. The summed E-state index contributed by atoms with van der Waals surface area (Å²) in [5.41, 5.74) is 1.47. The van der Waals surface area contributed by atoms with E-state index in [2.05, 4.69) is 4.98 Å². The molecule has 2 aromatic heterocycles. The quantitative estimate of drug-likeness (QED) is 0.704. The van der Waals surface area contributed by atoms with Gasteiger partial charge in [0.25, 0.3) is 10.0 Å². The largest absolute Gasteiger partial charge is 0.465 e. The number of aromatic nitrogens is 2. The van der Waals surface area contributed by atoms with Gasteiger partial charge in [-0.2, -0.15) is 0 Å². The molecule has 0 aliphatic rings. The van der Waals surface area contributed by atoms with E-state index in [1.54, 1.807) is 18.2 Å². The van der Waals surface area contributed by atoms with Gasteiger partial charge in [0.15, 0.2) is 0 Å². The third-order valence-electron chi connectivity index (χ3n) is 4.03. The third-order valence-corrected chi connectivity index (χ3v) is 5.68. The Hall–Kier alpha value is -2.91. The van der Waals surface area contributed by atoms with E-state index >= 15 is 0 Å². The van der Waals surface area contributed by atoms with E-state index in [1.807, 2.05) is 0 Å². The summed E-state index contributed by atoms with van der Waals surface area (Å²) in [4.78, 5) is 16.1. The Balaban J connectivity index is 2.23. The second-order valence-corrected chi connectivity index (χ2v) is 7.61. The molecule has 0 aliphatic carbocycles. The van der Waals surface area contributed by atoms with Crippen molar-refractivity contribution in [2.75, 3.05) is 7.05 Å². The first-order chi connectivity index (χ1) is 12.3. The van der Waals surface area contributed by atoms with Crippen molar-refractivity contribution in [3.8, 4) is 0 Å². The number of hydrogen-bond acceptors (Lipinski definition) is 5. The molecular weight excluding hydrogens is 358 g/mol. The fourth-order valence-corrected chi connectivity index (χ4v) is 4.02. The van der Waals surface area contributed by atoms with Crippen LogP contribution in [0.5, 0.6) is 0 Å². The molecule has 0 radical (unpaired) electrons. The molecule has 3 aromatic rings. The predicted octanol–water partition coefficient (Wildman–Crippen LogP) is 1.88. The first-order valence-corrected chi connectivity index (χ1v) is 9.12. The number of hydrogen-bond donors (Lipinski definition) is 2. The van der Waals surface area contributed by atoms with Gasteiger partial charge in [0.05, 0.1) is 18.7 Å². The van der Waals surface area contributed by atoms with Crippen LogP contribution in [0.25, 0.3) is 10.9 Å². The van der Waals surface area contributed by atoms with Gasteiger partial charge in [0, 0.05) is 31.0 Å². The molecule has 136 valence electrons. The van der Waals surface area contributed by atoms with E-state index in [1.165, 1.54) is 37.8 Å². The topological polar surface area (TPSA) is 113 Å². The summed E-state index contributed by atoms with van der Waals surface area (Å²) in [6.07, 6.45) is 3.02. The van der Waals surface area contributed by atoms with Gasteiger partial charge in [0.2, 0.25) is 0 Å². The summed E-state index contributed by atoms with van der Waals surface area (Å²) < 4.78 is 27.1. The molecule has 26 heavy (non-hydrogen) atoms. The zero-order valence-electron chi connectivity index (χ0n) is 13.9. The summed E-state index contributed by atoms with van der Waals surface area (Å²) in [5, 5.41) is 19.1. The fraction of sp³-hybridized carbons (Fsp3) is 0.176. The number of carbonyl (C=O) groups is 1. The minimum atomic E-state index is -3.92. The fourth-order valence-electron chi connectivity index (χ4n) is 2.67. The first kappa shape index (κ1) is 17.9. The molecule has 9 heteroatoms. The van der Waals surface area contributed by atoms with Crippen LogP contribution in [-0.2, 0) is 23.2 Å². The monoisotopic (exact) mass is 375 g/mol. The predicted molar refractivity (Wildman–Crippen MR) is 94.2 cm³/mol. The van der Waals surface area contributed by atoms with Crippen LogP contribution in [0, 0.1) is 0 Å². The number of benzene rings is 1. The highest BCUT2D eigenvalue weighted by molar-refractivity contribution is 7.90. The number of nitrogens with zero attached hydrogens (tertiary/aromatic N) is 3. The maximum Gasteiger partial charge on any atom is 0.407 e. The van der Waals surface area contributed by atoms with Gasteiger partial charge in [-0.15, -0.1) is 0 Å². The van der Waals surface area contributed by atoms with Crippen LogP contribution in [0.2, 0.25) is 0 Å². The highest BCUT2D eigenvalue weighted by Gasteiger charge is 2.22. The molecule has 1 aromatic carbocycles. The molecule has 0 saturated heterocycles. The van der Waals surface area contributed by atoms with Crippen molar-refractivity contribution < 1.29 is 23.4 Å². The van der Waals surface area contributed by atoms with Crippen LogP contribution in [0.1, 0.15) is 11.1 Å². The normalized spacial score (nSPS) is 11.6. The van der Waals surface area contributed by atoms with Crippen molar-refractivity contribution in [1.29, 1.82) is 0 Å². The number of fused-ring (bicyclic) bond motifs is 1. The molecule has 0 atom stereocenters. The van der Waals surface area contributed by atoms with Crippen LogP contribution in [0.4, 0.5) is 4.79 Å². The molecule has 0 spiro atoms. The van der Waals surface area contributed by atoms with Crippen LogP contribution >= 0.6 is 0 Å². The standard InChI is InChI=1S/C17H17N3O5S/c1-19(17(22)23)9-13-10-20(16-7-12(11-21)4-5-15(13)16)26(24,25)14-3-2-6-18-8-14/h2-8,10,21H,9,11H2,1H3,(H,22,23). The molecule has 0 unspecified atom stereocenters. The number of pyridine rings is 1. The minimum absolute atomic E-state index is 0.0180. The second-order valence-electron chi connectivity index (χ2n) is 5.79. The van der Waals surface area contributed by atoms with E-state index in [-0.39, 0.29) is 18.0 Å². The van der Waals surface area contributed by atoms with Crippen LogP contribution in [-0.4, -0.2) is 45.6 Å². The van der Waals surface area contributed by atoms with Crippen molar-refractivity contribution in [3.63, 3.8) is 0 Å². The van der Waals surface area contributed by atoms with E-state index in [0.29, 0.717) is 22.0 Å². The summed E-state index contributed by atoms with van der Waals surface area (Å²) in [6, 6.07) is 7.90. The maximum absolute atomic E-state index is 13.0. The third kappa shape index (κ3) is 3.14. The van der Waals surface area contributed by atoms with Crippen LogP contribution in [0.3, 0.4) is 0 Å². The number of aliphatic hydroxyl groups is 1. The zero-order valence-corrected chi connectivity index (χ0v) is 14.7. The van der Waals surface area contributed by atoms with E-state index in [9.17, 15) is 18.3 Å². The summed E-state index contributed by atoms with van der Waals surface area (Å²) in [6.45, 7) is -0.210. The van der Waals surface area contributed by atoms with Gasteiger partial charge < -0.3 is 15.1 Å². The minimum Gasteiger partial charge on any atom is -0.465 e. The number of amides is 1. The van der Waals surface area contributed by atoms with Gasteiger partial charge in [-0.05, 0) is 29.3 Å². The van der Waals surface area contributed by atoms with Gasteiger partial charge in [-0.3, -0.25) is 4.98 Å². The Labute approximate surface area is 150 Å². The molecule has 0 aliphatic heterocycles. The molecule has 1 amide bonds. The van der Waals surface area contributed by atoms with Crippen LogP contribution in [0.15, 0.2) is 53.8 Å². The summed E-state index contributed by atoms with van der Waals surface area (Å²) in [5.74, 6) is 0. The lowest BCUT2D eigenvalue weighted by molar-refractivity contribution is 0.154. The van der Waals surface area contributed by atoms with Gasteiger partial charge in [-0.25, -0.2) is 17.2 Å². The van der Waals surface area contributed by atoms with Gasteiger partial charge >= 0.3 is 6.09 Å². The Morgan fingerprint density at radius 2 is 2.08 bits per heavy atom. The number of aliphatic hydroxyl groups excluding tert-OH is 1. The van der Waals surface area contributed by atoms with Crippen molar-refractivity contribution in [2.24, 2.45) is 0 Å². The summed E-state index contributed by atoms with van der Waals surface area (Å²) >= 11 is 0. The van der Waals surface area contributed by atoms with Crippen LogP contribution < -0.4 is 0 Å². The lowest BCUT2D eigenvalue weighted by Gasteiger charge is -2.11. The Bertz CT molecular complexity index is 1060. The molecule has 0 saturated carbocycles. The van der Waals surface area contributed by atoms with E-state index in [4.69, 9.17) is 5.11 Å².